The minimum atomic E-state index is 0. The quantitative estimate of drug-likeness (QED) is 0.722. The first-order valence-corrected chi connectivity index (χ1v) is 6.28. The highest BCUT2D eigenvalue weighted by molar-refractivity contribution is 9.10. The molecule has 1 heterocycles. The number of quaternary nitrogens is 1. The first-order chi connectivity index (χ1) is 7.29. The fourth-order valence-corrected chi connectivity index (χ4v) is 2.59. The SMILES string of the molecule is C=CC[C@@H]1C[C@@H](c2ccc(Br)cc2)C[NH2+]1.[Cl-]. The maximum Gasteiger partial charge on any atom is 0.0902 e. The largest absolute Gasteiger partial charge is 1.00 e. The van der Waals surface area contributed by atoms with Crippen molar-refractivity contribution >= 4 is 15.9 Å². The van der Waals surface area contributed by atoms with Crippen LogP contribution in [0, 0.1) is 0 Å². The second-order valence-corrected chi connectivity index (χ2v) is 5.16. The Morgan fingerprint density at radius 3 is 2.69 bits per heavy atom. The Kier molecular flexibility index (Phi) is 5.53. The Morgan fingerprint density at radius 1 is 1.38 bits per heavy atom. The molecule has 1 aromatic rings. The Labute approximate surface area is 112 Å². The van der Waals surface area contributed by atoms with Gasteiger partial charge in [0, 0.05) is 23.2 Å². The highest BCUT2D eigenvalue weighted by atomic mass is 79.9. The lowest BCUT2D eigenvalue weighted by Crippen LogP contribution is -3.00. The highest BCUT2D eigenvalue weighted by Gasteiger charge is 2.27. The normalized spacial score (nSPS) is 23.8. The monoisotopic (exact) mass is 301 g/mol. The summed E-state index contributed by atoms with van der Waals surface area (Å²) in [6, 6.07) is 9.49. The summed E-state index contributed by atoms with van der Waals surface area (Å²) in [7, 11) is 0. The molecular weight excluding hydrogens is 286 g/mol. The number of hydrogen-bond acceptors (Lipinski definition) is 0. The van der Waals surface area contributed by atoms with Gasteiger partial charge in [0.15, 0.2) is 0 Å². The van der Waals surface area contributed by atoms with Crippen molar-refractivity contribution in [3.8, 4) is 0 Å². The molecule has 88 valence electrons. The summed E-state index contributed by atoms with van der Waals surface area (Å²) in [6.07, 6.45) is 4.45. The molecule has 0 amide bonds. The Balaban J connectivity index is 0.00000128. The summed E-state index contributed by atoms with van der Waals surface area (Å²) in [5.41, 5.74) is 1.47. The highest BCUT2D eigenvalue weighted by Crippen LogP contribution is 2.24. The smallest absolute Gasteiger partial charge is 0.0902 e. The standard InChI is InChI=1S/C13H16BrN.ClH/c1-2-3-13-8-11(9-15-13)10-4-6-12(14)7-5-10;/h2,4-7,11,13,15H,1,3,8-9H2;1H/t11-,13-;/m1./s1. The third-order valence-electron chi connectivity index (χ3n) is 3.15. The number of benzene rings is 1. The van der Waals surface area contributed by atoms with E-state index >= 15 is 0 Å². The van der Waals surface area contributed by atoms with Crippen molar-refractivity contribution in [2.24, 2.45) is 0 Å². The Morgan fingerprint density at radius 2 is 2.06 bits per heavy atom. The molecule has 16 heavy (non-hydrogen) atoms. The molecule has 0 saturated carbocycles. The first-order valence-electron chi connectivity index (χ1n) is 5.49. The lowest BCUT2D eigenvalue weighted by Gasteiger charge is -2.06. The molecule has 1 aromatic carbocycles. The number of nitrogens with two attached hydrogens (primary N) is 1. The van der Waals surface area contributed by atoms with Crippen LogP contribution in [0.4, 0.5) is 0 Å². The van der Waals surface area contributed by atoms with Gasteiger partial charge < -0.3 is 17.7 Å². The van der Waals surface area contributed by atoms with Crippen LogP contribution in [0.5, 0.6) is 0 Å². The Bertz CT molecular complexity index is 336. The molecule has 1 aliphatic rings. The average molecular weight is 303 g/mol. The molecule has 0 bridgehead atoms. The van der Waals surface area contributed by atoms with Crippen LogP contribution >= 0.6 is 15.9 Å². The van der Waals surface area contributed by atoms with Crippen LogP contribution in [-0.2, 0) is 0 Å². The topological polar surface area (TPSA) is 16.6 Å². The molecule has 0 aromatic heterocycles. The average Bonchev–Trinajstić information content (AvgIpc) is 2.68. The van der Waals surface area contributed by atoms with Gasteiger partial charge >= 0.3 is 0 Å². The molecule has 0 radical (unpaired) electrons. The van der Waals surface area contributed by atoms with E-state index in [1.807, 2.05) is 6.08 Å². The van der Waals surface area contributed by atoms with E-state index in [0.29, 0.717) is 0 Å². The first kappa shape index (κ1) is 13.8. The van der Waals surface area contributed by atoms with E-state index in [1.165, 1.54) is 18.5 Å². The summed E-state index contributed by atoms with van der Waals surface area (Å²) in [4.78, 5) is 0. The van der Waals surface area contributed by atoms with Gasteiger partial charge in [-0.1, -0.05) is 34.1 Å². The summed E-state index contributed by atoms with van der Waals surface area (Å²) in [5.74, 6) is 0.725. The number of halogens is 2. The molecule has 0 unspecified atom stereocenters. The maximum absolute atomic E-state index is 3.81. The lowest BCUT2D eigenvalue weighted by molar-refractivity contribution is -0.669. The fourth-order valence-electron chi connectivity index (χ4n) is 2.33. The molecule has 3 heteroatoms. The van der Waals surface area contributed by atoms with Crippen molar-refractivity contribution in [2.45, 2.75) is 24.8 Å². The maximum atomic E-state index is 3.81. The van der Waals surface area contributed by atoms with E-state index in [4.69, 9.17) is 0 Å². The van der Waals surface area contributed by atoms with Crippen LogP contribution in [-0.4, -0.2) is 12.6 Å². The predicted octanol–water partition coefficient (Wildman–Crippen LogP) is -0.551. The van der Waals surface area contributed by atoms with Crippen LogP contribution in [0.15, 0.2) is 41.4 Å². The van der Waals surface area contributed by atoms with Gasteiger partial charge in [-0.2, -0.15) is 0 Å². The van der Waals surface area contributed by atoms with E-state index in [9.17, 15) is 0 Å². The van der Waals surface area contributed by atoms with E-state index < -0.39 is 0 Å². The van der Waals surface area contributed by atoms with Gasteiger partial charge in [-0.3, -0.25) is 0 Å². The minimum absolute atomic E-state index is 0. The molecule has 1 saturated heterocycles. The summed E-state index contributed by atoms with van der Waals surface area (Å²) < 4.78 is 1.16. The molecule has 0 aliphatic carbocycles. The molecule has 1 fully saturated rings. The summed E-state index contributed by atoms with van der Waals surface area (Å²) >= 11 is 3.47. The molecule has 2 rings (SSSR count). The number of rotatable bonds is 3. The lowest BCUT2D eigenvalue weighted by atomic mass is 9.96. The minimum Gasteiger partial charge on any atom is -1.00 e. The van der Waals surface area contributed by atoms with Crippen molar-refractivity contribution < 1.29 is 17.7 Å². The van der Waals surface area contributed by atoms with Crippen LogP contribution in [0.3, 0.4) is 0 Å². The van der Waals surface area contributed by atoms with Crippen molar-refractivity contribution in [2.75, 3.05) is 6.54 Å². The van der Waals surface area contributed by atoms with Gasteiger partial charge in [0.05, 0.1) is 12.6 Å². The predicted molar refractivity (Wildman–Crippen MR) is 66.9 cm³/mol. The van der Waals surface area contributed by atoms with Crippen molar-refractivity contribution in [3.05, 3.63) is 47.0 Å². The molecule has 0 spiro atoms. The molecule has 1 nitrogen and oxygen atoms in total. The van der Waals surface area contributed by atoms with Gasteiger partial charge in [-0.25, -0.2) is 0 Å². The zero-order valence-corrected chi connectivity index (χ0v) is 11.5. The fraction of sp³-hybridized carbons (Fsp3) is 0.385. The van der Waals surface area contributed by atoms with E-state index in [1.54, 1.807) is 0 Å². The van der Waals surface area contributed by atoms with Crippen LogP contribution in [0.2, 0.25) is 0 Å². The third kappa shape index (κ3) is 3.34. The van der Waals surface area contributed by atoms with E-state index in [2.05, 4.69) is 52.1 Å². The van der Waals surface area contributed by atoms with Crippen molar-refractivity contribution in [1.82, 2.24) is 0 Å². The second-order valence-electron chi connectivity index (χ2n) is 4.24. The van der Waals surface area contributed by atoms with Crippen LogP contribution < -0.4 is 17.7 Å². The van der Waals surface area contributed by atoms with Crippen molar-refractivity contribution in [1.29, 1.82) is 0 Å². The molecule has 2 N–H and O–H groups in total. The van der Waals surface area contributed by atoms with Crippen molar-refractivity contribution in [3.63, 3.8) is 0 Å². The van der Waals surface area contributed by atoms with Crippen LogP contribution in [0.25, 0.3) is 0 Å². The second kappa shape index (κ2) is 6.43. The zero-order chi connectivity index (χ0) is 10.7. The Hall–Kier alpha value is -0.310. The summed E-state index contributed by atoms with van der Waals surface area (Å²) in [5, 5.41) is 2.45. The molecular formula is C13H17BrClN. The van der Waals surface area contributed by atoms with Gasteiger partial charge in [0.25, 0.3) is 0 Å². The third-order valence-corrected chi connectivity index (χ3v) is 3.68. The van der Waals surface area contributed by atoms with Gasteiger partial charge in [-0.05, 0) is 17.7 Å². The van der Waals surface area contributed by atoms with Gasteiger partial charge in [0.1, 0.15) is 0 Å². The zero-order valence-electron chi connectivity index (χ0n) is 9.20. The van der Waals surface area contributed by atoms with E-state index in [0.717, 1.165) is 22.9 Å². The molecule has 1 aliphatic heterocycles. The van der Waals surface area contributed by atoms with E-state index in [-0.39, 0.29) is 12.4 Å². The number of hydrogen-bond donors (Lipinski definition) is 1. The van der Waals surface area contributed by atoms with Gasteiger partial charge in [-0.15, -0.1) is 6.58 Å². The summed E-state index contributed by atoms with van der Waals surface area (Å²) in [6.45, 7) is 5.03. The van der Waals surface area contributed by atoms with Gasteiger partial charge in [0.2, 0.25) is 0 Å². The van der Waals surface area contributed by atoms with Crippen LogP contribution in [0.1, 0.15) is 24.3 Å². The molecule has 2 atom stereocenters.